The van der Waals surface area contributed by atoms with Crippen LogP contribution in [0.1, 0.15) is 32.3 Å². The number of carbonyl (C=O) groups excluding carboxylic acids is 1. The van der Waals surface area contributed by atoms with E-state index in [1.54, 1.807) is 12.1 Å². The van der Waals surface area contributed by atoms with Gasteiger partial charge >= 0.3 is 0 Å². The smallest absolute Gasteiger partial charge is 0.227 e. The van der Waals surface area contributed by atoms with Crippen molar-refractivity contribution >= 4 is 17.5 Å². The van der Waals surface area contributed by atoms with Gasteiger partial charge in [-0.1, -0.05) is 31.5 Å². The Morgan fingerprint density at radius 1 is 1.47 bits per heavy atom. The van der Waals surface area contributed by atoms with E-state index in [2.05, 4.69) is 13.8 Å². The van der Waals surface area contributed by atoms with Crippen LogP contribution < -0.4 is 0 Å². The van der Waals surface area contributed by atoms with Crippen molar-refractivity contribution < 1.29 is 9.18 Å². The molecule has 19 heavy (non-hydrogen) atoms. The summed E-state index contributed by atoms with van der Waals surface area (Å²) in [4.78, 5) is 14.2. The van der Waals surface area contributed by atoms with Gasteiger partial charge in [0.1, 0.15) is 5.82 Å². The third-order valence-corrected chi connectivity index (χ3v) is 3.61. The van der Waals surface area contributed by atoms with Crippen LogP contribution in [0, 0.1) is 11.7 Å². The van der Waals surface area contributed by atoms with Crippen molar-refractivity contribution in [1.82, 2.24) is 4.90 Å². The first kappa shape index (κ1) is 14.3. The minimum absolute atomic E-state index is 0.0248. The number of hydrogen-bond acceptors (Lipinski definition) is 1. The van der Waals surface area contributed by atoms with E-state index in [0.717, 1.165) is 19.4 Å². The highest BCUT2D eigenvalue weighted by Gasteiger charge is 2.33. The van der Waals surface area contributed by atoms with Crippen LogP contribution in [0.25, 0.3) is 0 Å². The number of hydrogen-bond donors (Lipinski definition) is 0. The van der Waals surface area contributed by atoms with Crippen molar-refractivity contribution in [2.24, 2.45) is 5.92 Å². The van der Waals surface area contributed by atoms with E-state index in [9.17, 15) is 9.18 Å². The first-order chi connectivity index (χ1) is 8.99. The summed E-state index contributed by atoms with van der Waals surface area (Å²) >= 11 is 5.97. The van der Waals surface area contributed by atoms with Crippen LogP contribution in [-0.2, 0) is 11.2 Å². The fourth-order valence-electron chi connectivity index (χ4n) is 2.19. The number of rotatable bonds is 5. The van der Waals surface area contributed by atoms with E-state index in [1.807, 2.05) is 4.90 Å². The van der Waals surface area contributed by atoms with E-state index in [4.69, 9.17) is 11.6 Å². The van der Waals surface area contributed by atoms with Crippen LogP contribution in [0.15, 0.2) is 18.2 Å². The van der Waals surface area contributed by atoms with E-state index in [0.29, 0.717) is 22.5 Å². The van der Waals surface area contributed by atoms with Gasteiger partial charge in [0, 0.05) is 23.2 Å². The normalized spacial score (nSPS) is 14.8. The summed E-state index contributed by atoms with van der Waals surface area (Å²) in [6.07, 6.45) is 2.17. The maximum absolute atomic E-state index is 13.7. The van der Waals surface area contributed by atoms with Gasteiger partial charge in [-0.2, -0.15) is 0 Å². The molecule has 1 saturated carbocycles. The van der Waals surface area contributed by atoms with Gasteiger partial charge in [-0.3, -0.25) is 4.79 Å². The molecule has 0 aliphatic heterocycles. The van der Waals surface area contributed by atoms with E-state index in [-0.39, 0.29) is 12.3 Å². The molecule has 1 amide bonds. The lowest BCUT2D eigenvalue weighted by Crippen LogP contribution is -2.37. The molecule has 104 valence electrons. The lowest BCUT2D eigenvalue weighted by atomic mass is 10.1. The van der Waals surface area contributed by atoms with Gasteiger partial charge < -0.3 is 4.90 Å². The molecule has 1 aromatic carbocycles. The SMILES string of the molecule is CC(C)CN(C(=O)Cc1c(F)cccc1Cl)C1CC1. The lowest BCUT2D eigenvalue weighted by Gasteiger charge is -2.24. The summed E-state index contributed by atoms with van der Waals surface area (Å²) in [7, 11) is 0. The summed E-state index contributed by atoms with van der Waals surface area (Å²) in [6.45, 7) is 4.90. The minimum atomic E-state index is -0.402. The third kappa shape index (κ3) is 3.69. The quantitative estimate of drug-likeness (QED) is 0.807. The molecule has 0 spiro atoms. The van der Waals surface area contributed by atoms with Gasteiger partial charge in [-0.25, -0.2) is 4.39 Å². The van der Waals surface area contributed by atoms with E-state index in [1.165, 1.54) is 6.07 Å². The van der Waals surface area contributed by atoms with Crippen LogP contribution in [-0.4, -0.2) is 23.4 Å². The van der Waals surface area contributed by atoms with Crippen LogP contribution in [0.2, 0.25) is 5.02 Å². The second kappa shape index (κ2) is 5.91. The monoisotopic (exact) mass is 283 g/mol. The average Bonchev–Trinajstić information content (AvgIpc) is 3.14. The van der Waals surface area contributed by atoms with Crippen LogP contribution in [0.5, 0.6) is 0 Å². The Morgan fingerprint density at radius 3 is 2.68 bits per heavy atom. The van der Waals surface area contributed by atoms with Crippen molar-refractivity contribution in [3.05, 3.63) is 34.6 Å². The first-order valence-electron chi connectivity index (χ1n) is 6.71. The topological polar surface area (TPSA) is 20.3 Å². The summed E-state index contributed by atoms with van der Waals surface area (Å²) in [6, 6.07) is 4.87. The molecule has 0 aromatic heterocycles. The second-order valence-electron chi connectivity index (χ2n) is 5.55. The van der Waals surface area contributed by atoms with Gasteiger partial charge in [-0.15, -0.1) is 0 Å². The highest BCUT2D eigenvalue weighted by atomic mass is 35.5. The molecule has 1 aliphatic carbocycles. The predicted molar refractivity (Wildman–Crippen MR) is 74.7 cm³/mol. The molecular weight excluding hydrogens is 265 g/mol. The zero-order valence-electron chi connectivity index (χ0n) is 11.3. The minimum Gasteiger partial charge on any atom is -0.339 e. The number of benzene rings is 1. The Kier molecular flexibility index (Phi) is 4.46. The molecule has 4 heteroatoms. The van der Waals surface area contributed by atoms with Crippen LogP contribution >= 0.6 is 11.6 Å². The fraction of sp³-hybridized carbons (Fsp3) is 0.533. The van der Waals surface area contributed by atoms with E-state index >= 15 is 0 Å². The van der Waals surface area contributed by atoms with Gasteiger partial charge in [0.2, 0.25) is 5.91 Å². The molecule has 0 heterocycles. The van der Waals surface area contributed by atoms with Gasteiger partial charge in [0.15, 0.2) is 0 Å². The zero-order valence-corrected chi connectivity index (χ0v) is 12.1. The number of halogens is 2. The zero-order chi connectivity index (χ0) is 14.0. The fourth-order valence-corrected chi connectivity index (χ4v) is 2.42. The Bertz CT molecular complexity index is 451. The molecule has 2 rings (SSSR count). The Morgan fingerprint density at radius 2 is 2.16 bits per heavy atom. The van der Waals surface area contributed by atoms with Crippen molar-refractivity contribution in [2.45, 2.75) is 39.2 Å². The Hall–Kier alpha value is -1.09. The molecular formula is C15H19ClFNO. The first-order valence-corrected chi connectivity index (χ1v) is 7.09. The third-order valence-electron chi connectivity index (χ3n) is 3.26. The highest BCUT2D eigenvalue weighted by Crippen LogP contribution is 2.29. The van der Waals surface area contributed by atoms with Crippen molar-refractivity contribution in [3.8, 4) is 0 Å². The molecule has 0 unspecified atom stereocenters. The summed E-state index contributed by atoms with van der Waals surface area (Å²) < 4.78 is 13.7. The van der Waals surface area contributed by atoms with Gasteiger partial charge in [-0.05, 0) is 30.9 Å². The maximum atomic E-state index is 13.7. The molecule has 1 fully saturated rings. The van der Waals surface area contributed by atoms with Crippen molar-refractivity contribution in [2.75, 3.05) is 6.54 Å². The Labute approximate surface area is 118 Å². The summed E-state index contributed by atoms with van der Waals surface area (Å²) in [5.74, 6) is -0.00927. The highest BCUT2D eigenvalue weighted by molar-refractivity contribution is 6.31. The maximum Gasteiger partial charge on any atom is 0.227 e. The number of amides is 1. The van der Waals surface area contributed by atoms with Crippen LogP contribution in [0.4, 0.5) is 4.39 Å². The predicted octanol–water partition coefficient (Wildman–Crippen LogP) is 3.67. The molecule has 2 nitrogen and oxygen atoms in total. The molecule has 1 aromatic rings. The largest absolute Gasteiger partial charge is 0.339 e. The van der Waals surface area contributed by atoms with Crippen LogP contribution in [0.3, 0.4) is 0 Å². The van der Waals surface area contributed by atoms with Crippen molar-refractivity contribution in [3.63, 3.8) is 0 Å². The lowest BCUT2D eigenvalue weighted by molar-refractivity contribution is -0.131. The molecule has 0 atom stereocenters. The average molecular weight is 284 g/mol. The number of nitrogens with zero attached hydrogens (tertiary/aromatic N) is 1. The van der Waals surface area contributed by atoms with Gasteiger partial charge in [0.05, 0.1) is 6.42 Å². The molecule has 0 radical (unpaired) electrons. The second-order valence-corrected chi connectivity index (χ2v) is 5.96. The van der Waals surface area contributed by atoms with Crippen molar-refractivity contribution in [1.29, 1.82) is 0 Å². The number of carbonyl (C=O) groups is 1. The molecule has 1 aliphatic rings. The van der Waals surface area contributed by atoms with E-state index < -0.39 is 5.82 Å². The molecule has 0 saturated heterocycles. The summed E-state index contributed by atoms with van der Waals surface area (Å²) in [5, 5.41) is 0.327. The standard InChI is InChI=1S/C15H19ClFNO/c1-10(2)9-18(11-6-7-11)15(19)8-12-13(16)4-3-5-14(12)17/h3-5,10-11H,6-9H2,1-2H3. The molecule has 0 bridgehead atoms. The van der Waals surface area contributed by atoms with Gasteiger partial charge in [0.25, 0.3) is 0 Å². The summed E-state index contributed by atoms with van der Waals surface area (Å²) in [5.41, 5.74) is 0.309. The molecule has 0 N–H and O–H groups in total. The Balaban J connectivity index is 2.10.